The second-order valence-corrected chi connectivity index (χ2v) is 9.13. The van der Waals surface area contributed by atoms with Crippen molar-refractivity contribution in [2.45, 2.75) is 30.3 Å². The highest BCUT2D eigenvalue weighted by atomic mass is 32.2. The van der Waals surface area contributed by atoms with Gasteiger partial charge < -0.3 is 14.5 Å². The summed E-state index contributed by atoms with van der Waals surface area (Å²) in [6.45, 7) is 5.05. The second kappa shape index (κ2) is 7.89. The van der Waals surface area contributed by atoms with E-state index in [1.165, 1.54) is 23.5 Å². The molecule has 1 aromatic carbocycles. The van der Waals surface area contributed by atoms with Gasteiger partial charge in [0.05, 0.1) is 36.0 Å². The topological polar surface area (TPSA) is 94.2 Å². The number of nitrogens with zero attached hydrogens (tertiary/aromatic N) is 2. The number of sulfone groups is 1. The van der Waals surface area contributed by atoms with Gasteiger partial charge in [-0.1, -0.05) is 0 Å². The van der Waals surface area contributed by atoms with Crippen LogP contribution in [0.15, 0.2) is 23.1 Å². The van der Waals surface area contributed by atoms with Gasteiger partial charge in [-0.3, -0.25) is 10.1 Å². The van der Waals surface area contributed by atoms with Crippen LogP contribution in [-0.2, 0) is 14.6 Å². The Balaban J connectivity index is 1.67. The Morgan fingerprint density at radius 2 is 2.04 bits per heavy atom. The number of nitro groups is 1. The van der Waals surface area contributed by atoms with Gasteiger partial charge >= 0.3 is 0 Å². The van der Waals surface area contributed by atoms with Crippen molar-refractivity contribution in [2.24, 2.45) is 0 Å². The number of hydrogen-bond donors (Lipinski definition) is 1. The van der Waals surface area contributed by atoms with Crippen LogP contribution < -0.4 is 9.80 Å². The van der Waals surface area contributed by atoms with E-state index in [-0.39, 0.29) is 10.6 Å². The quantitative estimate of drug-likeness (QED) is 0.579. The van der Waals surface area contributed by atoms with Crippen molar-refractivity contribution in [1.29, 1.82) is 0 Å². The molecule has 2 heterocycles. The lowest BCUT2D eigenvalue weighted by Gasteiger charge is -2.35. The molecule has 2 aliphatic rings. The van der Waals surface area contributed by atoms with Crippen LogP contribution in [0.3, 0.4) is 0 Å². The molecular weight excluding hydrogens is 358 g/mol. The maximum absolute atomic E-state index is 11.7. The van der Waals surface area contributed by atoms with Crippen molar-refractivity contribution in [3.05, 3.63) is 28.3 Å². The number of anilines is 1. The minimum absolute atomic E-state index is 0.0216. The predicted molar refractivity (Wildman–Crippen MR) is 97.6 cm³/mol. The van der Waals surface area contributed by atoms with E-state index in [0.717, 1.165) is 45.3 Å². The maximum Gasteiger partial charge on any atom is 0.293 e. The van der Waals surface area contributed by atoms with Crippen LogP contribution in [0.2, 0.25) is 0 Å². The van der Waals surface area contributed by atoms with E-state index >= 15 is 0 Å². The van der Waals surface area contributed by atoms with E-state index in [4.69, 9.17) is 4.74 Å². The first-order valence-electron chi connectivity index (χ1n) is 9.03. The molecule has 0 bridgehead atoms. The number of nitrogens with one attached hydrogen (secondary N) is 1. The van der Waals surface area contributed by atoms with Gasteiger partial charge in [0, 0.05) is 18.9 Å². The molecule has 0 radical (unpaired) electrons. The van der Waals surface area contributed by atoms with Crippen LogP contribution >= 0.6 is 0 Å². The molecule has 0 aliphatic carbocycles. The fourth-order valence-corrected chi connectivity index (χ4v) is 4.35. The number of rotatable bonds is 5. The Morgan fingerprint density at radius 1 is 1.31 bits per heavy atom. The third kappa shape index (κ3) is 4.52. The van der Waals surface area contributed by atoms with Crippen LogP contribution in [0.25, 0.3) is 0 Å². The summed E-state index contributed by atoms with van der Waals surface area (Å²) in [6.07, 6.45) is 4.87. The smallest absolute Gasteiger partial charge is 0.293 e. The van der Waals surface area contributed by atoms with Crippen LogP contribution in [0.4, 0.5) is 11.4 Å². The predicted octanol–water partition coefficient (Wildman–Crippen LogP) is 0.272. The lowest BCUT2D eigenvalue weighted by atomic mass is 10.1. The fraction of sp³-hybridized carbons (Fsp3) is 0.647. The summed E-state index contributed by atoms with van der Waals surface area (Å²) >= 11 is 0. The molecule has 2 saturated heterocycles. The Bertz CT molecular complexity index is 754. The largest absolute Gasteiger partial charge is 0.372 e. The lowest BCUT2D eigenvalue weighted by Crippen LogP contribution is -3.15. The minimum atomic E-state index is -3.47. The summed E-state index contributed by atoms with van der Waals surface area (Å²) < 4.78 is 29.2. The van der Waals surface area contributed by atoms with Gasteiger partial charge in [0.15, 0.2) is 9.84 Å². The van der Waals surface area contributed by atoms with E-state index in [9.17, 15) is 18.5 Å². The number of nitro benzene ring substituents is 1. The number of benzene rings is 1. The fourth-order valence-electron chi connectivity index (χ4n) is 3.71. The molecule has 9 heteroatoms. The Kier molecular flexibility index (Phi) is 5.79. The molecule has 0 aromatic heterocycles. The highest BCUT2D eigenvalue weighted by Gasteiger charge is 2.29. The zero-order valence-electron chi connectivity index (χ0n) is 15.0. The molecule has 3 rings (SSSR count). The van der Waals surface area contributed by atoms with E-state index in [0.29, 0.717) is 24.9 Å². The van der Waals surface area contributed by atoms with Gasteiger partial charge in [-0.05, 0) is 31.4 Å². The standard InChI is InChI=1S/C17H25N3O5S/c1-26(23,24)15-5-6-16(17(12-15)20(21)22)19-9-7-18(8-10-19)13-14-4-2-3-11-25-14/h5-6,12,14H,2-4,7-11,13H2,1H3/p+1/t14-/m0/s1. The van der Waals surface area contributed by atoms with Crippen LogP contribution in [0, 0.1) is 10.1 Å². The Labute approximate surface area is 153 Å². The summed E-state index contributed by atoms with van der Waals surface area (Å²) in [5.74, 6) is 0. The van der Waals surface area contributed by atoms with Gasteiger partial charge in [-0.2, -0.15) is 0 Å². The summed E-state index contributed by atoms with van der Waals surface area (Å²) in [5, 5.41) is 11.4. The number of ether oxygens (including phenoxy) is 1. The zero-order valence-corrected chi connectivity index (χ0v) is 15.8. The van der Waals surface area contributed by atoms with E-state index in [1.54, 1.807) is 6.07 Å². The zero-order chi connectivity index (χ0) is 18.7. The average molecular weight is 384 g/mol. The lowest BCUT2D eigenvalue weighted by molar-refractivity contribution is -0.904. The molecule has 1 N–H and O–H groups in total. The monoisotopic (exact) mass is 384 g/mol. The molecule has 1 atom stereocenters. The summed E-state index contributed by atoms with van der Waals surface area (Å²) in [7, 11) is -3.47. The maximum atomic E-state index is 11.7. The highest BCUT2D eigenvalue weighted by Crippen LogP contribution is 2.30. The summed E-state index contributed by atoms with van der Waals surface area (Å²) in [6, 6.07) is 4.18. The Hall–Kier alpha value is -1.71. The van der Waals surface area contributed by atoms with Gasteiger partial charge in [-0.15, -0.1) is 0 Å². The number of piperazine rings is 1. The first-order chi connectivity index (χ1) is 12.3. The third-order valence-corrected chi connectivity index (χ3v) is 6.28. The average Bonchev–Trinajstić information content (AvgIpc) is 2.62. The Morgan fingerprint density at radius 3 is 2.62 bits per heavy atom. The first-order valence-corrected chi connectivity index (χ1v) is 10.9. The van der Waals surface area contributed by atoms with Crippen molar-refractivity contribution in [3.63, 3.8) is 0 Å². The van der Waals surface area contributed by atoms with Crippen LogP contribution in [0.5, 0.6) is 0 Å². The molecule has 26 heavy (non-hydrogen) atoms. The number of hydrogen-bond acceptors (Lipinski definition) is 6. The van der Waals surface area contributed by atoms with Gasteiger partial charge in [0.25, 0.3) is 5.69 Å². The van der Waals surface area contributed by atoms with Crippen molar-refractivity contribution >= 4 is 21.2 Å². The van der Waals surface area contributed by atoms with Crippen LogP contribution in [-0.4, -0.2) is 65.0 Å². The van der Waals surface area contributed by atoms with Crippen LogP contribution in [0.1, 0.15) is 19.3 Å². The van der Waals surface area contributed by atoms with Crippen molar-refractivity contribution in [2.75, 3.05) is 50.5 Å². The molecule has 0 unspecified atom stereocenters. The van der Waals surface area contributed by atoms with E-state index < -0.39 is 14.8 Å². The van der Waals surface area contributed by atoms with E-state index in [2.05, 4.69) is 0 Å². The SMILES string of the molecule is CS(=O)(=O)c1ccc(N2CC[NH+](C[C@@H]3CCCCO3)CC2)c([N+](=O)[O-])c1. The molecule has 2 aliphatic heterocycles. The highest BCUT2D eigenvalue weighted by molar-refractivity contribution is 7.90. The van der Waals surface area contributed by atoms with Gasteiger partial charge in [-0.25, -0.2) is 8.42 Å². The normalized spacial score (nSPS) is 22.3. The minimum Gasteiger partial charge on any atom is -0.372 e. The molecule has 2 fully saturated rings. The molecule has 1 aromatic rings. The van der Waals surface area contributed by atoms with Crippen molar-refractivity contribution in [1.82, 2.24) is 0 Å². The third-order valence-electron chi connectivity index (χ3n) is 5.17. The first kappa shape index (κ1) is 19.1. The van der Waals surface area contributed by atoms with Gasteiger partial charge in [0.2, 0.25) is 0 Å². The molecule has 144 valence electrons. The molecule has 0 spiro atoms. The molecule has 8 nitrogen and oxygen atoms in total. The second-order valence-electron chi connectivity index (χ2n) is 7.11. The molecule has 0 amide bonds. The van der Waals surface area contributed by atoms with Gasteiger partial charge in [0.1, 0.15) is 18.3 Å². The summed E-state index contributed by atoms with van der Waals surface area (Å²) in [5.41, 5.74) is 0.349. The molecular formula is C17H26N3O5S+. The number of quaternary nitrogens is 1. The summed E-state index contributed by atoms with van der Waals surface area (Å²) in [4.78, 5) is 14.4. The van der Waals surface area contributed by atoms with Crippen molar-refractivity contribution < 1.29 is 23.0 Å². The van der Waals surface area contributed by atoms with E-state index in [1.807, 2.05) is 4.90 Å². The van der Waals surface area contributed by atoms with Crippen molar-refractivity contribution in [3.8, 4) is 0 Å². The molecule has 0 saturated carbocycles.